The third kappa shape index (κ3) is 3.83. The van der Waals surface area contributed by atoms with E-state index < -0.39 is 15.8 Å². The van der Waals surface area contributed by atoms with Gasteiger partial charge in [0.1, 0.15) is 6.61 Å². The summed E-state index contributed by atoms with van der Waals surface area (Å²) in [5.74, 6) is -0.806. The van der Waals surface area contributed by atoms with Crippen LogP contribution >= 0.6 is 0 Å². The second kappa shape index (κ2) is 5.06. The van der Waals surface area contributed by atoms with Crippen LogP contribution in [-0.4, -0.2) is 31.5 Å². The lowest BCUT2D eigenvalue weighted by atomic mass is 10.4. The van der Waals surface area contributed by atoms with Crippen molar-refractivity contribution in [1.29, 1.82) is 0 Å². The monoisotopic (exact) mass is 233 g/mol. The van der Waals surface area contributed by atoms with Gasteiger partial charge in [-0.3, -0.25) is 0 Å². The summed E-state index contributed by atoms with van der Waals surface area (Å²) in [7, 11) is -3.07. The first-order valence-electron chi connectivity index (χ1n) is 4.49. The Bertz CT molecular complexity index is 419. The number of hydrogen-bond acceptors (Lipinski definition) is 4. The summed E-state index contributed by atoms with van der Waals surface area (Å²) in [6.45, 7) is 1.50. The van der Waals surface area contributed by atoms with Crippen LogP contribution in [0.3, 0.4) is 0 Å². The summed E-state index contributed by atoms with van der Waals surface area (Å²) in [5.41, 5.74) is 0. The Labute approximate surface area is 88.0 Å². The maximum absolute atomic E-state index is 12.9. The van der Waals surface area contributed by atoms with Crippen LogP contribution < -0.4 is 4.74 Å². The molecule has 0 radical (unpaired) electrons. The lowest BCUT2D eigenvalue weighted by Crippen LogP contribution is -2.16. The lowest BCUT2D eigenvalue weighted by Gasteiger charge is -2.05. The summed E-state index contributed by atoms with van der Waals surface area (Å²) in [6, 6.07) is 2.92. The zero-order valence-corrected chi connectivity index (χ0v) is 9.13. The molecule has 84 valence electrons. The molecule has 1 heterocycles. The van der Waals surface area contributed by atoms with Crippen molar-refractivity contribution in [3.8, 4) is 5.75 Å². The third-order valence-corrected chi connectivity index (χ3v) is 3.48. The molecule has 0 amide bonds. The van der Waals surface area contributed by atoms with Gasteiger partial charge in [0.15, 0.2) is 15.6 Å². The number of nitrogens with zero attached hydrogens (tertiary/aromatic N) is 1. The Hall–Kier alpha value is -1.17. The highest BCUT2D eigenvalue weighted by Crippen LogP contribution is 2.12. The summed E-state index contributed by atoms with van der Waals surface area (Å²) < 4.78 is 40.0. The van der Waals surface area contributed by atoms with Gasteiger partial charge in [0.2, 0.25) is 0 Å². The smallest absolute Gasteiger partial charge is 0.255 e. The van der Waals surface area contributed by atoms with Crippen LogP contribution in [0, 0.1) is 5.95 Å². The van der Waals surface area contributed by atoms with Crippen LogP contribution in [0.5, 0.6) is 5.75 Å². The third-order valence-electron chi connectivity index (χ3n) is 1.82. The average molecular weight is 233 g/mol. The molecule has 0 unspecified atom stereocenters. The van der Waals surface area contributed by atoms with Crippen LogP contribution in [-0.2, 0) is 9.84 Å². The van der Waals surface area contributed by atoms with Gasteiger partial charge in [-0.25, -0.2) is 13.4 Å². The Balaban J connectivity index is 2.49. The summed E-state index contributed by atoms with van der Waals surface area (Å²) in [4.78, 5) is 3.37. The maximum Gasteiger partial charge on any atom is 0.255 e. The number of ether oxygens (including phenoxy) is 1. The highest BCUT2D eigenvalue weighted by Gasteiger charge is 2.09. The Morgan fingerprint density at radius 2 is 2.27 bits per heavy atom. The molecule has 0 atom stereocenters. The fourth-order valence-electron chi connectivity index (χ4n) is 0.902. The van der Waals surface area contributed by atoms with Crippen LogP contribution in [0.25, 0.3) is 0 Å². The predicted octanol–water partition coefficient (Wildman–Crippen LogP) is 1.03. The molecular formula is C9H12FNO3S. The molecule has 0 spiro atoms. The molecule has 0 fully saturated rings. The van der Waals surface area contributed by atoms with E-state index in [-0.39, 0.29) is 23.9 Å². The first kappa shape index (κ1) is 11.9. The molecule has 6 heteroatoms. The number of hydrogen-bond donors (Lipinski definition) is 0. The van der Waals surface area contributed by atoms with E-state index in [0.29, 0.717) is 0 Å². The molecule has 0 N–H and O–H groups in total. The van der Waals surface area contributed by atoms with Crippen molar-refractivity contribution in [2.45, 2.75) is 6.92 Å². The van der Waals surface area contributed by atoms with Crippen molar-refractivity contribution in [3.05, 3.63) is 24.3 Å². The molecule has 4 nitrogen and oxygen atoms in total. The maximum atomic E-state index is 12.9. The van der Waals surface area contributed by atoms with Gasteiger partial charge in [-0.15, -0.1) is 0 Å². The molecule has 0 aromatic carbocycles. The standard InChI is InChI=1S/C9H12FNO3S/c1-2-15(12,13)7-6-14-8-4-3-5-11-9(8)10/h3-5H,2,6-7H2,1H3. The van der Waals surface area contributed by atoms with E-state index in [1.54, 1.807) is 6.92 Å². The van der Waals surface area contributed by atoms with E-state index in [0.717, 1.165) is 0 Å². The molecule has 0 aliphatic rings. The van der Waals surface area contributed by atoms with Gasteiger partial charge >= 0.3 is 0 Å². The molecule has 1 aromatic heterocycles. The fraction of sp³-hybridized carbons (Fsp3) is 0.444. The number of pyridine rings is 1. The van der Waals surface area contributed by atoms with Gasteiger partial charge < -0.3 is 4.74 Å². The highest BCUT2D eigenvalue weighted by molar-refractivity contribution is 7.91. The van der Waals surface area contributed by atoms with Crippen molar-refractivity contribution < 1.29 is 17.5 Å². The van der Waals surface area contributed by atoms with Crippen molar-refractivity contribution in [2.24, 2.45) is 0 Å². The van der Waals surface area contributed by atoms with E-state index in [4.69, 9.17) is 4.74 Å². The molecule has 0 saturated heterocycles. The van der Waals surface area contributed by atoms with Crippen LogP contribution in [0.2, 0.25) is 0 Å². The zero-order chi connectivity index (χ0) is 11.3. The van der Waals surface area contributed by atoms with Crippen molar-refractivity contribution >= 4 is 9.84 Å². The topological polar surface area (TPSA) is 56.3 Å². The first-order chi connectivity index (χ1) is 7.05. The molecular weight excluding hydrogens is 221 g/mol. The predicted molar refractivity (Wildman–Crippen MR) is 54.0 cm³/mol. The van der Waals surface area contributed by atoms with E-state index in [1.165, 1.54) is 18.3 Å². The summed E-state index contributed by atoms with van der Waals surface area (Å²) in [5, 5.41) is 0. The normalized spacial score (nSPS) is 11.3. The minimum Gasteiger partial charge on any atom is -0.488 e. The second-order valence-corrected chi connectivity index (χ2v) is 5.35. The van der Waals surface area contributed by atoms with Gasteiger partial charge in [-0.05, 0) is 12.1 Å². The minimum atomic E-state index is -3.07. The van der Waals surface area contributed by atoms with E-state index in [2.05, 4.69) is 4.98 Å². The first-order valence-corrected chi connectivity index (χ1v) is 6.31. The second-order valence-electron chi connectivity index (χ2n) is 2.88. The lowest BCUT2D eigenvalue weighted by molar-refractivity contribution is 0.317. The largest absolute Gasteiger partial charge is 0.488 e. The van der Waals surface area contributed by atoms with Crippen LogP contribution in [0.1, 0.15) is 6.92 Å². The Morgan fingerprint density at radius 3 is 2.87 bits per heavy atom. The molecule has 1 rings (SSSR count). The quantitative estimate of drug-likeness (QED) is 0.713. The highest BCUT2D eigenvalue weighted by atomic mass is 32.2. The molecule has 0 bridgehead atoms. The number of aromatic nitrogens is 1. The van der Waals surface area contributed by atoms with Gasteiger partial charge in [-0.2, -0.15) is 4.39 Å². The fourth-order valence-corrected chi connectivity index (χ4v) is 1.53. The molecule has 0 saturated carbocycles. The van der Waals surface area contributed by atoms with Crippen molar-refractivity contribution in [2.75, 3.05) is 18.1 Å². The number of halogens is 1. The Kier molecular flexibility index (Phi) is 4.02. The van der Waals surface area contributed by atoms with Gasteiger partial charge in [0.25, 0.3) is 5.95 Å². The van der Waals surface area contributed by atoms with E-state index >= 15 is 0 Å². The van der Waals surface area contributed by atoms with Gasteiger partial charge in [0.05, 0.1) is 5.75 Å². The Morgan fingerprint density at radius 1 is 1.53 bits per heavy atom. The van der Waals surface area contributed by atoms with E-state index in [1.807, 2.05) is 0 Å². The zero-order valence-electron chi connectivity index (χ0n) is 8.31. The average Bonchev–Trinajstić information content (AvgIpc) is 2.21. The van der Waals surface area contributed by atoms with Gasteiger partial charge in [-0.1, -0.05) is 6.92 Å². The summed E-state index contributed by atoms with van der Waals surface area (Å²) >= 11 is 0. The molecule has 15 heavy (non-hydrogen) atoms. The molecule has 1 aromatic rings. The SMILES string of the molecule is CCS(=O)(=O)CCOc1cccnc1F. The molecule has 0 aliphatic heterocycles. The van der Waals surface area contributed by atoms with E-state index in [9.17, 15) is 12.8 Å². The number of rotatable bonds is 5. The van der Waals surface area contributed by atoms with Crippen LogP contribution in [0.4, 0.5) is 4.39 Å². The van der Waals surface area contributed by atoms with Crippen molar-refractivity contribution in [3.63, 3.8) is 0 Å². The number of sulfone groups is 1. The molecule has 0 aliphatic carbocycles. The van der Waals surface area contributed by atoms with Crippen molar-refractivity contribution in [1.82, 2.24) is 4.98 Å². The minimum absolute atomic E-state index is 0.0243. The van der Waals surface area contributed by atoms with Crippen LogP contribution in [0.15, 0.2) is 18.3 Å². The van der Waals surface area contributed by atoms with Gasteiger partial charge in [0, 0.05) is 11.9 Å². The summed E-state index contributed by atoms with van der Waals surface area (Å²) in [6.07, 6.45) is 1.30.